The highest BCUT2D eigenvalue weighted by Crippen LogP contribution is 2.36. The molecule has 1 heterocycles. The number of nitrogens with one attached hydrogen (secondary N) is 1. The van der Waals surface area contributed by atoms with E-state index in [4.69, 9.17) is 10.7 Å². The molecule has 0 saturated carbocycles. The van der Waals surface area contributed by atoms with Gasteiger partial charge in [0, 0.05) is 29.3 Å². The largest absolute Gasteiger partial charge is 0.416 e. The molecule has 2 aromatic rings. The van der Waals surface area contributed by atoms with Gasteiger partial charge >= 0.3 is 6.18 Å². The molecule has 6 nitrogen and oxygen atoms in total. The van der Waals surface area contributed by atoms with Gasteiger partial charge in [-0.2, -0.15) is 13.2 Å². The van der Waals surface area contributed by atoms with Gasteiger partial charge in [-0.15, -0.1) is 0 Å². The standard InChI is InChI=1S/C31H33F3N4O2.C2H6/c1-5-8-14-21(13-6-2)26-25(20(4)35)28(36-24-17-10-9-11-18-24)38(7-3)30(40)27(26)37-29(39)22-15-12-16-23(19-22)31(32,33)34;1-2/h5-6,8-19,26-27H,7,35H2,1-4H3,(H,37,39);1-2H3/b8-5-,13-6-,21-14+,25-20-,36-28?;. The predicted octanol–water partition coefficient (Wildman–Crippen LogP) is 7.35. The first-order valence-electron chi connectivity index (χ1n) is 13.9. The molecule has 0 radical (unpaired) electrons. The topological polar surface area (TPSA) is 87.8 Å². The summed E-state index contributed by atoms with van der Waals surface area (Å²) in [6.07, 6.45) is 4.42. The zero-order valence-electron chi connectivity index (χ0n) is 24.9. The number of para-hydroxylation sites is 1. The van der Waals surface area contributed by atoms with Crippen LogP contribution >= 0.6 is 0 Å². The van der Waals surface area contributed by atoms with Crippen molar-refractivity contribution < 1.29 is 22.8 Å². The lowest BCUT2D eigenvalue weighted by Gasteiger charge is -2.41. The van der Waals surface area contributed by atoms with Crippen LogP contribution < -0.4 is 11.1 Å². The Kier molecular flexibility index (Phi) is 12.5. The first-order chi connectivity index (χ1) is 20.0. The fourth-order valence-electron chi connectivity index (χ4n) is 4.57. The molecule has 2 unspecified atom stereocenters. The smallest absolute Gasteiger partial charge is 0.402 e. The molecule has 2 amide bonds. The highest BCUT2D eigenvalue weighted by molar-refractivity contribution is 6.15. The number of likely N-dealkylation sites (N-methyl/N-ethyl adjacent to an activating group) is 1. The van der Waals surface area contributed by atoms with Gasteiger partial charge in [-0.05, 0) is 63.6 Å². The summed E-state index contributed by atoms with van der Waals surface area (Å²) in [5, 5.41) is 2.72. The van der Waals surface area contributed by atoms with Crippen LogP contribution in [0.2, 0.25) is 0 Å². The summed E-state index contributed by atoms with van der Waals surface area (Å²) in [5.74, 6) is -1.69. The van der Waals surface area contributed by atoms with Crippen molar-refractivity contribution >= 4 is 23.3 Å². The van der Waals surface area contributed by atoms with Crippen molar-refractivity contribution in [3.63, 3.8) is 0 Å². The second kappa shape index (κ2) is 15.6. The molecule has 9 heteroatoms. The summed E-state index contributed by atoms with van der Waals surface area (Å²) in [6.45, 7) is 11.4. The van der Waals surface area contributed by atoms with Gasteiger partial charge in [-0.25, -0.2) is 4.99 Å². The van der Waals surface area contributed by atoms with Gasteiger partial charge in [0.15, 0.2) is 0 Å². The lowest BCUT2D eigenvalue weighted by atomic mass is 9.78. The van der Waals surface area contributed by atoms with Crippen LogP contribution in [-0.2, 0) is 11.0 Å². The number of hydrogen-bond acceptors (Lipinski definition) is 4. The Morgan fingerprint density at radius 2 is 1.74 bits per heavy atom. The number of piperidine rings is 1. The van der Waals surface area contributed by atoms with Crippen molar-refractivity contribution in [2.45, 2.75) is 53.8 Å². The van der Waals surface area contributed by atoms with Crippen LogP contribution in [0.15, 0.2) is 107 Å². The first-order valence-corrected chi connectivity index (χ1v) is 13.9. The molecule has 42 heavy (non-hydrogen) atoms. The maximum Gasteiger partial charge on any atom is 0.416 e. The number of aliphatic imine (C=N–C) groups is 1. The van der Waals surface area contributed by atoms with Crippen molar-refractivity contribution in [2.24, 2.45) is 16.6 Å². The number of carbonyl (C=O) groups excluding carboxylic acids is 2. The number of halogens is 3. The van der Waals surface area contributed by atoms with Crippen LogP contribution in [0.1, 0.15) is 57.5 Å². The summed E-state index contributed by atoms with van der Waals surface area (Å²) in [5.41, 5.74) is 7.48. The van der Waals surface area contributed by atoms with Gasteiger partial charge < -0.3 is 11.1 Å². The Morgan fingerprint density at radius 3 is 2.29 bits per heavy atom. The lowest BCUT2D eigenvalue weighted by molar-refractivity contribution is -0.137. The van der Waals surface area contributed by atoms with Crippen LogP contribution in [-0.4, -0.2) is 35.1 Å². The Bertz CT molecular complexity index is 1390. The molecule has 3 rings (SSSR count). The monoisotopic (exact) mass is 580 g/mol. The third-order valence-electron chi connectivity index (χ3n) is 6.34. The van der Waals surface area contributed by atoms with E-state index in [1.54, 1.807) is 38.1 Å². The Hall–Kier alpha value is -4.40. The van der Waals surface area contributed by atoms with E-state index in [2.05, 4.69) is 5.32 Å². The van der Waals surface area contributed by atoms with Gasteiger partial charge in [0.25, 0.3) is 11.8 Å². The molecule has 0 aromatic heterocycles. The number of carbonyl (C=O) groups is 2. The number of amides is 2. The molecule has 1 saturated heterocycles. The second-order valence-electron chi connectivity index (χ2n) is 9.15. The van der Waals surface area contributed by atoms with E-state index >= 15 is 0 Å². The molecule has 0 spiro atoms. The van der Waals surface area contributed by atoms with E-state index in [1.807, 2.05) is 64.1 Å². The van der Waals surface area contributed by atoms with E-state index in [-0.39, 0.29) is 12.1 Å². The first kappa shape index (κ1) is 33.8. The van der Waals surface area contributed by atoms with Crippen molar-refractivity contribution in [3.8, 4) is 0 Å². The molecule has 0 aliphatic carbocycles. The number of alkyl halides is 3. The predicted molar refractivity (Wildman–Crippen MR) is 163 cm³/mol. The SMILES string of the molecule is CC.C\C=C/C=C(\C=C/C)C1/C(=C(\C)N)C(=Nc2ccccc2)N(CC)C(=O)C1NC(=O)c1cccc(C(F)(F)F)c1. The van der Waals surface area contributed by atoms with E-state index in [0.29, 0.717) is 28.4 Å². The van der Waals surface area contributed by atoms with E-state index in [9.17, 15) is 22.8 Å². The quantitative estimate of drug-likeness (QED) is 0.336. The fraction of sp³-hybridized carbons (Fsp3) is 0.303. The van der Waals surface area contributed by atoms with Crippen molar-refractivity contribution in [2.75, 3.05) is 6.54 Å². The average Bonchev–Trinajstić information content (AvgIpc) is 2.97. The number of benzene rings is 2. The van der Waals surface area contributed by atoms with Crippen LogP contribution in [0.5, 0.6) is 0 Å². The summed E-state index contributed by atoms with van der Waals surface area (Å²) in [4.78, 5) is 33.6. The van der Waals surface area contributed by atoms with E-state index in [0.717, 1.165) is 18.2 Å². The minimum atomic E-state index is -4.62. The zero-order valence-corrected chi connectivity index (χ0v) is 24.9. The number of nitrogens with two attached hydrogens (primary N) is 1. The molecule has 0 bridgehead atoms. The zero-order chi connectivity index (χ0) is 31.4. The van der Waals surface area contributed by atoms with Crippen LogP contribution in [0.3, 0.4) is 0 Å². The van der Waals surface area contributed by atoms with Crippen molar-refractivity contribution in [1.82, 2.24) is 10.2 Å². The molecule has 2 aromatic carbocycles. The molecule has 3 N–H and O–H groups in total. The Morgan fingerprint density at radius 1 is 1.07 bits per heavy atom. The van der Waals surface area contributed by atoms with Crippen molar-refractivity contribution in [1.29, 1.82) is 0 Å². The fourth-order valence-corrected chi connectivity index (χ4v) is 4.57. The second-order valence-corrected chi connectivity index (χ2v) is 9.15. The van der Waals surface area contributed by atoms with Crippen LogP contribution in [0, 0.1) is 5.92 Å². The molecule has 224 valence electrons. The number of amidine groups is 1. The van der Waals surface area contributed by atoms with E-state index in [1.165, 1.54) is 11.0 Å². The third-order valence-corrected chi connectivity index (χ3v) is 6.34. The highest BCUT2D eigenvalue weighted by Gasteiger charge is 2.46. The van der Waals surface area contributed by atoms with E-state index < -0.39 is 35.5 Å². The summed E-state index contributed by atoms with van der Waals surface area (Å²) >= 11 is 0. The molecule has 2 atom stereocenters. The summed E-state index contributed by atoms with van der Waals surface area (Å²) in [7, 11) is 0. The number of nitrogens with zero attached hydrogens (tertiary/aromatic N) is 2. The Labute approximate surface area is 246 Å². The van der Waals surface area contributed by atoms with Crippen LogP contribution in [0.4, 0.5) is 18.9 Å². The van der Waals surface area contributed by atoms with Gasteiger partial charge in [0.1, 0.15) is 11.9 Å². The highest BCUT2D eigenvalue weighted by atomic mass is 19.4. The average molecular weight is 581 g/mol. The number of allylic oxidation sites excluding steroid dienone is 6. The normalized spacial score (nSPS) is 20.1. The maximum atomic E-state index is 14.0. The van der Waals surface area contributed by atoms with Crippen molar-refractivity contribution in [3.05, 3.63) is 113 Å². The summed E-state index contributed by atoms with van der Waals surface area (Å²) in [6, 6.07) is 12.0. The van der Waals surface area contributed by atoms with Gasteiger partial charge in [0.05, 0.1) is 11.3 Å². The number of hydrogen-bond donors (Lipinski definition) is 2. The van der Waals surface area contributed by atoms with Gasteiger partial charge in [-0.3, -0.25) is 14.5 Å². The van der Waals surface area contributed by atoms with Gasteiger partial charge in [0.2, 0.25) is 0 Å². The maximum absolute atomic E-state index is 14.0. The molecule has 1 aliphatic rings. The third kappa shape index (κ3) is 8.09. The minimum absolute atomic E-state index is 0.215. The number of likely N-dealkylation sites (tertiary alicyclic amines) is 1. The molecule has 1 fully saturated rings. The summed E-state index contributed by atoms with van der Waals surface area (Å²) < 4.78 is 40.0. The Balaban J connectivity index is 0.00000301. The van der Waals surface area contributed by atoms with Gasteiger partial charge in [-0.1, -0.05) is 68.5 Å². The molecular weight excluding hydrogens is 541 g/mol. The molecular formula is C33H39F3N4O2. The van der Waals surface area contributed by atoms with Crippen LogP contribution in [0.25, 0.3) is 0 Å². The minimum Gasteiger partial charge on any atom is -0.402 e. The lowest BCUT2D eigenvalue weighted by Crippen LogP contribution is -2.60. The molecule has 1 aliphatic heterocycles. The number of rotatable bonds is 7.